The highest BCUT2D eigenvalue weighted by atomic mass is 32.1. The number of aromatic nitrogens is 1. The smallest absolute Gasteiger partial charge is 0.338 e. The van der Waals surface area contributed by atoms with Crippen LogP contribution in [0.25, 0.3) is 10.2 Å². The van der Waals surface area contributed by atoms with Gasteiger partial charge in [-0.25, -0.2) is 9.78 Å². The summed E-state index contributed by atoms with van der Waals surface area (Å²) in [4.78, 5) is 18.3. The zero-order chi connectivity index (χ0) is 19.9. The minimum Gasteiger partial charge on any atom is -0.491 e. The van der Waals surface area contributed by atoms with Crippen LogP contribution in [-0.4, -0.2) is 53.9 Å². The molecule has 3 rings (SSSR count). The number of aliphatic hydroxyl groups is 1. The Labute approximate surface area is 168 Å². The number of carbonyl (C=O) groups excluding carboxylic acids is 1. The third-order valence-corrected chi connectivity index (χ3v) is 5.09. The molecule has 0 unspecified atom stereocenters. The lowest BCUT2D eigenvalue weighted by Gasteiger charge is -2.19. The van der Waals surface area contributed by atoms with E-state index in [1.165, 1.54) is 4.70 Å². The number of ether oxygens (including phenoxy) is 2. The molecule has 0 aliphatic rings. The number of aliphatic hydroxyl groups excluding tert-OH is 1. The minimum atomic E-state index is -0.635. The fraction of sp³-hybridized carbons (Fsp3) is 0.333. The first-order valence-corrected chi connectivity index (χ1v) is 9.98. The van der Waals surface area contributed by atoms with Crippen molar-refractivity contribution in [2.45, 2.75) is 19.6 Å². The Kier molecular flexibility index (Phi) is 6.97. The first kappa shape index (κ1) is 20.3. The fourth-order valence-electron chi connectivity index (χ4n) is 2.79. The van der Waals surface area contributed by atoms with Gasteiger partial charge in [-0.1, -0.05) is 12.1 Å². The normalized spacial score (nSPS) is 12.3. The Morgan fingerprint density at radius 2 is 1.96 bits per heavy atom. The van der Waals surface area contributed by atoms with Crippen molar-refractivity contribution in [3.63, 3.8) is 0 Å². The molecule has 148 valence electrons. The fourth-order valence-corrected chi connectivity index (χ4v) is 3.84. The number of fused-ring (bicyclic) bond motifs is 1. The number of esters is 1. The summed E-state index contributed by atoms with van der Waals surface area (Å²) in [7, 11) is 1.95. The molecule has 1 aromatic heterocycles. The Hall–Kier alpha value is -2.48. The predicted octanol–water partition coefficient (Wildman–Crippen LogP) is 3.34. The molecule has 0 saturated carbocycles. The molecule has 0 saturated heterocycles. The lowest BCUT2D eigenvalue weighted by atomic mass is 10.2. The van der Waals surface area contributed by atoms with Crippen molar-refractivity contribution >= 4 is 27.5 Å². The van der Waals surface area contributed by atoms with Crippen molar-refractivity contribution in [1.82, 2.24) is 9.88 Å². The van der Waals surface area contributed by atoms with Gasteiger partial charge in [-0.2, -0.15) is 0 Å². The molecular weight excluding hydrogens is 376 g/mol. The summed E-state index contributed by atoms with van der Waals surface area (Å²) in [5.74, 6) is 0.242. The van der Waals surface area contributed by atoms with Gasteiger partial charge >= 0.3 is 5.97 Å². The van der Waals surface area contributed by atoms with Crippen molar-refractivity contribution in [2.75, 3.05) is 26.8 Å². The Morgan fingerprint density at radius 1 is 1.21 bits per heavy atom. The van der Waals surface area contributed by atoms with Crippen LogP contribution in [-0.2, 0) is 11.3 Å². The summed E-state index contributed by atoms with van der Waals surface area (Å²) in [6.07, 6.45) is -0.635. The molecule has 0 aliphatic heterocycles. The van der Waals surface area contributed by atoms with E-state index in [1.807, 2.05) is 30.1 Å². The minimum absolute atomic E-state index is 0.170. The van der Waals surface area contributed by atoms with Crippen LogP contribution in [0.5, 0.6) is 5.75 Å². The van der Waals surface area contributed by atoms with E-state index in [4.69, 9.17) is 9.47 Å². The molecular formula is C21H24N2O4S. The van der Waals surface area contributed by atoms with Crippen LogP contribution in [0.2, 0.25) is 0 Å². The topological polar surface area (TPSA) is 71.9 Å². The van der Waals surface area contributed by atoms with Gasteiger partial charge in [0, 0.05) is 6.54 Å². The number of nitrogens with zero attached hydrogens (tertiary/aromatic N) is 2. The summed E-state index contributed by atoms with van der Waals surface area (Å²) in [5, 5.41) is 11.3. The average Bonchev–Trinajstić information content (AvgIpc) is 3.09. The van der Waals surface area contributed by atoms with Gasteiger partial charge in [-0.05, 0) is 50.4 Å². The van der Waals surface area contributed by atoms with E-state index in [2.05, 4.69) is 11.1 Å². The lowest BCUT2D eigenvalue weighted by molar-refractivity contribution is 0.0525. The Morgan fingerprint density at radius 3 is 2.68 bits per heavy atom. The molecule has 28 heavy (non-hydrogen) atoms. The lowest BCUT2D eigenvalue weighted by Crippen LogP contribution is -2.32. The standard InChI is InChI=1S/C21H24N2O4S/c1-3-26-21(25)15-8-10-17(11-9-15)27-14-16(24)12-23(2)13-20-22-18-6-4-5-7-19(18)28-20/h4-11,16,24H,3,12-14H2,1-2H3/t16-/m1/s1. The van der Waals surface area contributed by atoms with E-state index in [-0.39, 0.29) is 12.6 Å². The van der Waals surface area contributed by atoms with Crippen molar-refractivity contribution < 1.29 is 19.4 Å². The van der Waals surface area contributed by atoms with E-state index < -0.39 is 6.10 Å². The van der Waals surface area contributed by atoms with Crippen molar-refractivity contribution in [1.29, 1.82) is 0 Å². The summed E-state index contributed by atoms with van der Waals surface area (Å²) < 4.78 is 11.7. The summed E-state index contributed by atoms with van der Waals surface area (Å²) in [6.45, 7) is 3.42. The number of rotatable bonds is 9. The first-order chi connectivity index (χ1) is 13.5. The van der Waals surface area contributed by atoms with Gasteiger partial charge in [0.25, 0.3) is 0 Å². The quantitative estimate of drug-likeness (QED) is 0.556. The van der Waals surface area contributed by atoms with Gasteiger partial charge in [-0.3, -0.25) is 4.90 Å². The van der Waals surface area contributed by atoms with E-state index >= 15 is 0 Å². The van der Waals surface area contributed by atoms with Gasteiger partial charge in [0.05, 0.1) is 28.9 Å². The van der Waals surface area contributed by atoms with E-state index in [0.717, 1.165) is 10.5 Å². The monoisotopic (exact) mass is 400 g/mol. The molecule has 1 atom stereocenters. The summed E-state index contributed by atoms with van der Waals surface area (Å²) in [6, 6.07) is 14.8. The molecule has 7 heteroatoms. The van der Waals surface area contributed by atoms with Crippen LogP contribution in [0.1, 0.15) is 22.3 Å². The molecule has 0 amide bonds. The first-order valence-electron chi connectivity index (χ1n) is 9.16. The average molecular weight is 400 g/mol. The molecule has 6 nitrogen and oxygen atoms in total. The molecule has 0 bridgehead atoms. The molecule has 0 fully saturated rings. The second-order valence-corrected chi connectivity index (χ2v) is 7.60. The van der Waals surface area contributed by atoms with Crippen LogP contribution in [0, 0.1) is 0 Å². The van der Waals surface area contributed by atoms with Crippen LogP contribution >= 0.6 is 11.3 Å². The van der Waals surface area contributed by atoms with Crippen LogP contribution in [0.3, 0.4) is 0 Å². The van der Waals surface area contributed by atoms with Gasteiger partial charge in [0.15, 0.2) is 0 Å². The van der Waals surface area contributed by atoms with E-state index in [1.54, 1.807) is 42.5 Å². The number of benzene rings is 2. The molecule has 2 aromatic carbocycles. The number of hydrogen-bond acceptors (Lipinski definition) is 7. The van der Waals surface area contributed by atoms with Gasteiger partial charge in [0.2, 0.25) is 0 Å². The Bertz CT molecular complexity index is 877. The zero-order valence-electron chi connectivity index (χ0n) is 16.0. The maximum Gasteiger partial charge on any atom is 0.338 e. The van der Waals surface area contributed by atoms with Gasteiger partial charge in [-0.15, -0.1) is 11.3 Å². The Balaban J connectivity index is 1.45. The number of para-hydroxylation sites is 1. The second kappa shape index (κ2) is 9.64. The van der Waals surface area contributed by atoms with E-state index in [9.17, 15) is 9.90 Å². The summed E-state index contributed by atoms with van der Waals surface area (Å²) >= 11 is 1.67. The highest BCUT2D eigenvalue weighted by Crippen LogP contribution is 2.22. The van der Waals surface area contributed by atoms with Crippen molar-refractivity contribution in [3.8, 4) is 5.75 Å². The zero-order valence-corrected chi connectivity index (χ0v) is 16.8. The number of carbonyl (C=O) groups is 1. The van der Waals surface area contributed by atoms with Crippen LogP contribution in [0.4, 0.5) is 0 Å². The second-order valence-electron chi connectivity index (χ2n) is 6.48. The third kappa shape index (κ3) is 5.51. The third-order valence-electron chi connectivity index (χ3n) is 4.07. The van der Waals surface area contributed by atoms with Gasteiger partial charge in [0.1, 0.15) is 23.5 Å². The van der Waals surface area contributed by atoms with E-state index in [0.29, 0.717) is 31.0 Å². The predicted molar refractivity (Wildman–Crippen MR) is 110 cm³/mol. The SMILES string of the molecule is CCOC(=O)c1ccc(OC[C@H](O)CN(C)Cc2nc3ccccc3s2)cc1. The maximum atomic E-state index is 11.6. The molecule has 0 aliphatic carbocycles. The molecule has 0 spiro atoms. The highest BCUT2D eigenvalue weighted by Gasteiger charge is 2.12. The molecule has 1 N–H and O–H groups in total. The largest absolute Gasteiger partial charge is 0.491 e. The molecule has 0 radical (unpaired) electrons. The van der Waals surface area contributed by atoms with Crippen molar-refractivity contribution in [2.24, 2.45) is 0 Å². The maximum absolute atomic E-state index is 11.6. The molecule has 1 heterocycles. The van der Waals surface area contributed by atoms with Crippen molar-refractivity contribution in [3.05, 3.63) is 59.1 Å². The molecule has 3 aromatic rings. The van der Waals surface area contributed by atoms with Gasteiger partial charge < -0.3 is 14.6 Å². The number of thiazole rings is 1. The number of likely N-dealkylation sites (N-methyl/N-ethyl adjacent to an activating group) is 1. The summed E-state index contributed by atoms with van der Waals surface area (Å²) in [5.41, 5.74) is 1.48. The highest BCUT2D eigenvalue weighted by molar-refractivity contribution is 7.18. The van der Waals surface area contributed by atoms with Crippen LogP contribution < -0.4 is 4.74 Å². The number of hydrogen-bond donors (Lipinski definition) is 1. The van der Waals surface area contributed by atoms with Crippen LogP contribution in [0.15, 0.2) is 48.5 Å².